The molecule has 25 heavy (non-hydrogen) atoms. The first-order valence-corrected chi connectivity index (χ1v) is 9.09. The third kappa shape index (κ3) is 7.16. The van der Waals surface area contributed by atoms with Gasteiger partial charge in [0.1, 0.15) is 11.6 Å². The van der Waals surface area contributed by atoms with Crippen LogP contribution in [0, 0.1) is 5.92 Å². The van der Waals surface area contributed by atoms with Gasteiger partial charge in [-0.15, -0.1) is 0 Å². The Kier molecular flexibility index (Phi) is 6.45. The molecule has 1 unspecified atom stereocenters. The molecule has 0 bridgehead atoms. The molecule has 138 valence electrons. The van der Waals surface area contributed by atoms with Crippen LogP contribution in [0.15, 0.2) is 30.3 Å². The van der Waals surface area contributed by atoms with Gasteiger partial charge in [-0.2, -0.15) is 0 Å². The van der Waals surface area contributed by atoms with Gasteiger partial charge in [0.25, 0.3) is 0 Å². The van der Waals surface area contributed by atoms with Crippen molar-refractivity contribution in [2.45, 2.75) is 71.1 Å². The van der Waals surface area contributed by atoms with Gasteiger partial charge in [-0.05, 0) is 52.0 Å². The van der Waals surface area contributed by atoms with Crippen LogP contribution in [-0.4, -0.2) is 23.6 Å². The molecule has 0 saturated heterocycles. The highest BCUT2D eigenvalue weighted by Gasteiger charge is 2.28. The molecule has 0 aliphatic heterocycles. The van der Waals surface area contributed by atoms with E-state index in [9.17, 15) is 9.59 Å². The maximum atomic E-state index is 12.7. The molecule has 1 aromatic rings. The smallest absolute Gasteiger partial charge is 0.408 e. The van der Waals surface area contributed by atoms with Crippen molar-refractivity contribution in [2.24, 2.45) is 5.92 Å². The van der Waals surface area contributed by atoms with Crippen LogP contribution in [0.2, 0.25) is 0 Å². The molecule has 1 aromatic carbocycles. The Morgan fingerprint density at radius 2 is 1.80 bits per heavy atom. The van der Waals surface area contributed by atoms with Gasteiger partial charge in [0.2, 0.25) is 5.91 Å². The van der Waals surface area contributed by atoms with Crippen LogP contribution in [0.3, 0.4) is 0 Å². The van der Waals surface area contributed by atoms with Gasteiger partial charge in [0.05, 0.1) is 6.04 Å². The van der Waals surface area contributed by atoms with Crippen LogP contribution in [0.4, 0.5) is 4.79 Å². The lowest BCUT2D eigenvalue weighted by Crippen LogP contribution is -2.48. The number of hydrogen-bond acceptors (Lipinski definition) is 3. The maximum Gasteiger partial charge on any atom is 0.408 e. The molecule has 2 atom stereocenters. The molecule has 5 nitrogen and oxygen atoms in total. The van der Waals surface area contributed by atoms with E-state index in [1.165, 1.54) is 12.8 Å². The van der Waals surface area contributed by atoms with E-state index in [0.717, 1.165) is 12.0 Å². The summed E-state index contributed by atoms with van der Waals surface area (Å²) in [5.41, 5.74) is 0.452. The van der Waals surface area contributed by atoms with Gasteiger partial charge in [0, 0.05) is 0 Å². The van der Waals surface area contributed by atoms with Gasteiger partial charge in [-0.1, -0.05) is 43.2 Å². The minimum absolute atomic E-state index is 0.113. The van der Waals surface area contributed by atoms with E-state index in [1.807, 2.05) is 58.0 Å². The van der Waals surface area contributed by atoms with E-state index >= 15 is 0 Å². The summed E-state index contributed by atoms with van der Waals surface area (Å²) in [5, 5.41) is 5.74. The van der Waals surface area contributed by atoms with Crippen molar-refractivity contribution < 1.29 is 14.3 Å². The summed E-state index contributed by atoms with van der Waals surface area (Å²) in [4.78, 5) is 24.8. The van der Waals surface area contributed by atoms with Crippen molar-refractivity contribution in [1.82, 2.24) is 10.6 Å². The first-order valence-electron chi connectivity index (χ1n) is 9.09. The van der Waals surface area contributed by atoms with Crippen LogP contribution < -0.4 is 10.6 Å². The molecule has 1 aliphatic rings. The fourth-order valence-corrected chi connectivity index (χ4v) is 2.67. The van der Waals surface area contributed by atoms with Crippen LogP contribution in [0.25, 0.3) is 0 Å². The second-order valence-corrected chi connectivity index (χ2v) is 7.86. The predicted octanol–water partition coefficient (Wildman–Crippen LogP) is 3.95. The lowest BCUT2D eigenvalue weighted by Gasteiger charge is -2.24. The number of hydrogen-bond donors (Lipinski definition) is 2. The molecule has 2 N–H and O–H groups in total. The van der Waals surface area contributed by atoms with E-state index in [-0.39, 0.29) is 11.9 Å². The number of ether oxygens (including phenoxy) is 1. The average molecular weight is 346 g/mol. The number of benzene rings is 1. The topological polar surface area (TPSA) is 67.4 Å². The normalized spacial score (nSPS) is 16.6. The summed E-state index contributed by atoms with van der Waals surface area (Å²) in [6.07, 6.45) is 3.49. The Labute approximate surface area is 150 Å². The van der Waals surface area contributed by atoms with Crippen molar-refractivity contribution in [3.05, 3.63) is 35.9 Å². The number of carbonyl (C=O) groups is 2. The zero-order chi connectivity index (χ0) is 18.4. The third-order valence-electron chi connectivity index (χ3n) is 4.23. The Morgan fingerprint density at radius 1 is 1.16 bits per heavy atom. The van der Waals surface area contributed by atoms with E-state index in [0.29, 0.717) is 12.3 Å². The molecule has 1 fully saturated rings. The van der Waals surface area contributed by atoms with Crippen LogP contribution in [0.1, 0.15) is 65.0 Å². The first-order chi connectivity index (χ1) is 11.7. The highest BCUT2D eigenvalue weighted by molar-refractivity contribution is 5.85. The average Bonchev–Trinajstić information content (AvgIpc) is 3.34. The molecule has 0 spiro atoms. The highest BCUT2D eigenvalue weighted by atomic mass is 16.6. The summed E-state index contributed by atoms with van der Waals surface area (Å²) in [6, 6.07) is 9.11. The summed E-state index contributed by atoms with van der Waals surface area (Å²) >= 11 is 0. The minimum Gasteiger partial charge on any atom is -0.444 e. The molecular weight excluding hydrogens is 316 g/mol. The fourth-order valence-electron chi connectivity index (χ4n) is 2.67. The summed E-state index contributed by atoms with van der Waals surface area (Å²) in [7, 11) is 0. The van der Waals surface area contributed by atoms with Crippen molar-refractivity contribution in [3.63, 3.8) is 0 Å². The van der Waals surface area contributed by atoms with Gasteiger partial charge in [-0.25, -0.2) is 4.79 Å². The molecule has 2 rings (SSSR count). The number of alkyl carbamates (subject to hydrolysis) is 1. The van der Waals surface area contributed by atoms with Gasteiger partial charge >= 0.3 is 6.09 Å². The molecule has 1 aliphatic carbocycles. The van der Waals surface area contributed by atoms with E-state index in [2.05, 4.69) is 10.6 Å². The Balaban J connectivity index is 1.95. The SMILES string of the molecule is C[C@H](NC(=O)C(CCC1CC1)NC(=O)OC(C)(C)C)c1ccccc1. The van der Waals surface area contributed by atoms with Crippen molar-refractivity contribution in [2.75, 3.05) is 0 Å². The van der Waals surface area contributed by atoms with E-state index < -0.39 is 17.7 Å². The summed E-state index contributed by atoms with van der Waals surface area (Å²) < 4.78 is 5.30. The second kappa shape index (κ2) is 8.37. The number of nitrogens with one attached hydrogen (secondary N) is 2. The molecule has 2 amide bonds. The maximum absolute atomic E-state index is 12.7. The van der Waals surface area contributed by atoms with E-state index in [4.69, 9.17) is 4.74 Å². The highest BCUT2D eigenvalue weighted by Crippen LogP contribution is 2.34. The zero-order valence-corrected chi connectivity index (χ0v) is 15.7. The quantitative estimate of drug-likeness (QED) is 0.785. The molecule has 1 saturated carbocycles. The molecule has 0 aromatic heterocycles. The lowest BCUT2D eigenvalue weighted by molar-refractivity contribution is -0.124. The van der Waals surface area contributed by atoms with Crippen molar-refractivity contribution in [3.8, 4) is 0 Å². The second-order valence-electron chi connectivity index (χ2n) is 7.86. The standard InChI is InChI=1S/C20H30N2O3/c1-14(16-8-6-5-7-9-16)21-18(23)17(13-12-15-10-11-15)22-19(24)25-20(2,3)4/h5-9,14-15,17H,10-13H2,1-4H3,(H,21,23)(H,22,24)/t14-,17?/m0/s1. The first kappa shape index (κ1) is 19.3. The summed E-state index contributed by atoms with van der Waals surface area (Å²) in [5.74, 6) is 0.533. The van der Waals surface area contributed by atoms with Crippen LogP contribution in [0.5, 0.6) is 0 Å². The summed E-state index contributed by atoms with van der Waals surface area (Å²) in [6.45, 7) is 7.37. The minimum atomic E-state index is -0.584. The Bertz CT molecular complexity index is 576. The van der Waals surface area contributed by atoms with Crippen molar-refractivity contribution in [1.29, 1.82) is 0 Å². The van der Waals surface area contributed by atoms with Crippen molar-refractivity contribution >= 4 is 12.0 Å². The molecular formula is C20H30N2O3. The zero-order valence-electron chi connectivity index (χ0n) is 15.7. The van der Waals surface area contributed by atoms with Gasteiger partial charge < -0.3 is 15.4 Å². The lowest BCUT2D eigenvalue weighted by atomic mass is 10.1. The third-order valence-corrected chi connectivity index (χ3v) is 4.23. The van der Waals surface area contributed by atoms with Crippen LogP contribution >= 0.6 is 0 Å². The number of amides is 2. The fraction of sp³-hybridized carbons (Fsp3) is 0.600. The van der Waals surface area contributed by atoms with Gasteiger partial charge in [-0.3, -0.25) is 4.79 Å². The Morgan fingerprint density at radius 3 is 2.36 bits per heavy atom. The monoisotopic (exact) mass is 346 g/mol. The van der Waals surface area contributed by atoms with E-state index in [1.54, 1.807) is 0 Å². The number of rotatable bonds is 7. The van der Waals surface area contributed by atoms with Crippen LogP contribution in [-0.2, 0) is 9.53 Å². The van der Waals surface area contributed by atoms with Gasteiger partial charge in [0.15, 0.2) is 0 Å². The number of carbonyl (C=O) groups excluding carboxylic acids is 2. The molecule has 5 heteroatoms. The largest absolute Gasteiger partial charge is 0.444 e. The molecule has 0 heterocycles. The predicted molar refractivity (Wildman–Crippen MR) is 98.1 cm³/mol. The Hall–Kier alpha value is -2.04. The molecule has 0 radical (unpaired) electrons.